The van der Waals surface area contributed by atoms with Gasteiger partial charge in [0.15, 0.2) is 29.3 Å². The molecule has 9 nitrogen and oxygen atoms in total. The van der Waals surface area contributed by atoms with E-state index in [-0.39, 0.29) is 33.9 Å². The molecule has 2 fully saturated rings. The van der Waals surface area contributed by atoms with E-state index in [1.807, 2.05) is 25.1 Å². The second-order valence-electron chi connectivity index (χ2n) is 11.0. The maximum absolute atomic E-state index is 13.7. The highest BCUT2D eigenvalue weighted by Gasteiger charge is 2.38. The molecule has 2 aromatic heterocycles. The van der Waals surface area contributed by atoms with Crippen LogP contribution in [0.15, 0.2) is 42.7 Å². The topological polar surface area (TPSA) is 95.3 Å². The molecule has 45 heavy (non-hydrogen) atoms. The number of nitrogens with zero attached hydrogens (tertiary/aromatic N) is 3. The van der Waals surface area contributed by atoms with Crippen molar-refractivity contribution >= 4 is 58.2 Å². The fourth-order valence-electron chi connectivity index (χ4n) is 4.76. The quantitative estimate of drug-likeness (QED) is 0.118. The Morgan fingerprint density at radius 2 is 1.87 bits per heavy atom. The van der Waals surface area contributed by atoms with Gasteiger partial charge in [0.2, 0.25) is 0 Å². The largest absolute Gasteiger partial charge is 0.619 e. The summed E-state index contributed by atoms with van der Waals surface area (Å²) in [6.07, 6.45) is 3.13. The van der Waals surface area contributed by atoms with Crippen LogP contribution in [0.1, 0.15) is 44.6 Å². The minimum atomic E-state index is -3.07. The number of thioether (sulfide) groups is 1. The Hall–Kier alpha value is -2.84. The number of hydrogen-bond donors (Lipinski definition) is 0. The van der Waals surface area contributed by atoms with Gasteiger partial charge in [-0.25, -0.2) is 4.79 Å². The summed E-state index contributed by atoms with van der Waals surface area (Å²) in [4.78, 5) is 32.2. The molecule has 1 amide bonds. The molecule has 5 rings (SSSR count). The number of halogens is 4. The highest BCUT2D eigenvalue weighted by atomic mass is 35.5. The number of pyridine rings is 1. The zero-order chi connectivity index (χ0) is 32.2. The molecule has 0 bridgehead atoms. The van der Waals surface area contributed by atoms with Crippen LogP contribution in [0.2, 0.25) is 10.0 Å². The lowest BCUT2D eigenvalue weighted by atomic mass is 10.0. The Morgan fingerprint density at radius 3 is 2.53 bits per heavy atom. The molecule has 1 unspecified atom stereocenters. The molecule has 1 aliphatic heterocycles. The summed E-state index contributed by atoms with van der Waals surface area (Å²) in [5, 5.41) is 11.1. The predicted molar refractivity (Wildman–Crippen MR) is 168 cm³/mol. The van der Waals surface area contributed by atoms with Gasteiger partial charge in [-0.1, -0.05) is 29.3 Å². The van der Waals surface area contributed by atoms with Crippen molar-refractivity contribution in [1.82, 2.24) is 9.80 Å². The number of carbonyl (C=O) groups is 2. The van der Waals surface area contributed by atoms with Gasteiger partial charge in [0.1, 0.15) is 16.1 Å². The highest BCUT2D eigenvalue weighted by Crippen LogP contribution is 2.39. The van der Waals surface area contributed by atoms with E-state index >= 15 is 0 Å². The average Bonchev–Trinajstić information content (AvgIpc) is 3.46. The average molecular weight is 703 g/mol. The third-order valence-electron chi connectivity index (χ3n) is 7.13. The third-order valence-corrected chi connectivity index (χ3v) is 10.0. The Morgan fingerprint density at radius 1 is 1.13 bits per heavy atom. The van der Waals surface area contributed by atoms with E-state index in [0.29, 0.717) is 52.1 Å². The van der Waals surface area contributed by atoms with E-state index in [4.69, 9.17) is 32.7 Å². The van der Waals surface area contributed by atoms with Gasteiger partial charge in [0.25, 0.3) is 5.91 Å². The zero-order valence-corrected chi connectivity index (χ0v) is 27.6. The van der Waals surface area contributed by atoms with Crippen molar-refractivity contribution in [1.29, 1.82) is 0 Å². The van der Waals surface area contributed by atoms with E-state index in [1.54, 1.807) is 6.07 Å². The molecule has 242 valence electrons. The van der Waals surface area contributed by atoms with Crippen molar-refractivity contribution in [3.8, 4) is 11.5 Å². The number of thiophene rings is 1. The number of esters is 1. The van der Waals surface area contributed by atoms with Crippen molar-refractivity contribution in [2.45, 2.75) is 43.9 Å². The van der Waals surface area contributed by atoms with E-state index in [0.717, 1.165) is 30.1 Å². The molecule has 15 heteroatoms. The smallest absolute Gasteiger partial charge is 0.387 e. The van der Waals surface area contributed by atoms with E-state index < -0.39 is 24.1 Å². The SMILES string of the molecule is CN(C)Cc1ccc(C(=O)N2CCSC2C(=O)O[C@@H](Cc2c(Cl)c[n+]([O-])cc2Cl)c2ccc(OC(F)F)c(OCC3CC3)c2)s1. The molecular formula is C30H31Cl2F2N3O6S2. The van der Waals surface area contributed by atoms with Crippen LogP contribution in [-0.4, -0.2) is 66.7 Å². The maximum atomic E-state index is 13.7. The van der Waals surface area contributed by atoms with Crippen molar-refractivity contribution in [3.05, 3.63) is 78.9 Å². The van der Waals surface area contributed by atoms with E-state index in [9.17, 15) is 23.6 Å². The molecule has 3 aromatic rings. The molecule has 1 saturated carbocycles. The second-order valence-corrected chi connectivity index (χ2v) is 14.2. The highest BCUT2D eigenvalue weighted by molar-refractivity contribution is 8.00. The summed E-state index contributed by atoms with van der Waals surface area (Å²) in [5.74, 6) is -0.169. The summed E-state index contributed by atoms with van der Waals surface area (Å²) < 4.78 is 43.4. The zero-order valence-electron chi connectivity index (χ0n) is 24.4. The van der Waals surface area contributed by atoms with Crippen molar-refractivity contribution in [2.24, 2.45) is 5.92 Å². The van der Waals surface area contributed by atoms with Gasteiger partial charge in [0, 0.05) is 35.7 Å². The molecule has 3 heterocycles. The third kappa shape index (κ3) is 8.70. The van der Waals surface area contributed by atoms with Gasteiger partial charge in [-0.15, -0.1) is 23.1 Å². The lowest BCUT2D eigenvalue weighted by Gasteiger charge is -2.26. The monoisotopic (exact) mass is 701 g/mol. The summed E-state index contributed by atoms with van der Waals surface area (Å²) in [6.45, 7) is -1.71. The van der Waals surface area contributed by atoms with Crippen LogP contribution in [0.3, 0.4) is 0 Å². The van der Waals surface area contributed by atoms with Crippen LogP contribution in [0.25, 0.3) is 0 Å². The number of hydrogen-bond acceptors (Lipinski definition) is 9. The lowest BCUT2D eigenvalue weighted by molar-refractivity contribution is -0.605. The molecule has 2 aliphatic rings. The predicted octanol–water partition coefficient (Wildman–Crippen LogP) is 6.18. The molecule has 0 N–H and O–H groups in total. The summed E-state index contributed by atoms with van der Waals surface area (Å²) in [6, 6.07) is 7.95. The maximum Gasteiger partial charge on any atom is 0.387 e. The van der Waals surface area contributed by atoms with Crippen molar-refractivity contribution in [3.63, 3.8) is 0 Å². The van der Waals surface area contributed by atoms with Gasteiger partial charge in [-0.2, -0.15) is 13.5 Å². The molecule has 0 spiro atoms. The number of aromatic nitrogens is 1. The number of amides is 1. The Labute approximate surface area is 277 Å². The van der Waals surface area contributed by atoms with Crippen LogP contribution in [-0.2, 0) is 22.5 Å². The van der Waals surface area contributed by atoms with Gasteiger partial charge in [0.05, 0.1) is 11.5 Å². The summed E-state index contributed by atoms with van der Waals surface area (Å²) in [7, 11) is 3.88. The Kier molecular flexibility index (Phi) is 11.0. The van der Waals surface area contributed by atoms with Crippen LogP contribution in [0, 0.1) is 11.1 Å². The minimum Gasteiger partial charge on any atom is -0.619 e. The normalized spacial score (nSPS) is 17.2. The summed E-state index contributed by atoms with van der Waals surface area (Å²) >= 11 is 15.4. The standard InChI is InChI=1S/C30H31Cl2F2N3O6S2/c1-35(2)13-19-6-8-26(45-19)27(38)37-9-10-44-28(37)29(39)42-24(12-20-21(31)14-36(40)15-22(20)32)18-5-7-23(43-30(33)34)25(11-18)41-16-17-3-4-17/h5-8,11,14-15,17,24,28,30H,3-4,9-10,12-13,16H2,1-2H3/t24-,28?/m0/s1. The van der Waals surface area contributed by atoms with Gasteiger partial charge in [-0.05, 0) is 62.7 Å². The molecule has 1 aromatic carbocycles. The van der Waals surface area contributed by atoms with Crippen LogP contribution in [0.5, 0.6) is 11.5 Å². The lowest BCUT2D eigenvalue weighted by Crippen LogP contribution is -2.40. The Balaban J connectivity index is 1.42. The molecular weight excluding hydrogens is 671 g/mol. The number of carbonyl (C=O) groups excluding carboxylic acids is 2. The van der Waals surface area contributed by atoms with Crippen molar-refractivity contribution < 1.29 is 37.3 Å². The summed E-state index contributed by atoms with van der Waals surface area (Å²) in [5.41, 5.74) is 0.741. The Bertz CT molecular complexity index is 1520. The van der Waals surface area contributed by atoms with Gasteiger partial charge >= 0.3 is 12.6 Å². The van der Waals surface area contributed by atoms with Gasteiger partial charge in [-0.3, -0.25) is 4.79 Å². The first-order valence-corrected chi connectivity index (χ1v) is 16.8. The van der Waals surface area contributed by atoms with Crippen LogP contribution >= 0.6 is 46.3 Å². The number of benzene rings is 1. The first-order chi connectivity index (χ1) is 21.5. The fraction of sp³-hybridized carbons (Fsp3) is 0.433. The number of alkyl halides is 2. The van der Waals surface area contributed by atoms with E-state index in [1.165, 1.54) is 46.2 Å². The van der Waals surface area contributed by atoms with Gasteiger partial charge < -0.3 is 29.2 Å². The van der Waals surface area contributed by atoms with Crippen LogP contribution < -0.4 is 14.2 Å². The molecule has 2 atom stereocenters. The fourth-order valence-corrected chi connectivity index (χ4v) is 7.54. The second kappa shape index (κ2) is 14.7. The molecule has 0 radical (unpaired) electrons. The minimum absolute atomic E-state index is 0.0501. The first-order valence-electron chi connectivity index (χ1n) is 14.1. The first kappa shape index (κ1) is 33.5. The number of rotatable bonds is 13. The molecule has 1 saturated heterocycles. The van der Waals surface area contributed by atoms with E-state index in [2.05, 4.69) is 4.74 Å². The number of ether oxygens (including phenoxy) is 3. The molecule has 1 aliphatic carbocycles. The van der Waals surface area contributed by atoms with Crippen molar-refractivity contribution in [2.75, 3.05) is 33.0 Å². The van der Waals surface area contributed by atoms with Crippen LogP contribution in [0.4, 0.5) is 8.78 Å².